The van der Waals surface area contributed by atoms with Crippen LogP contribution >= 0.6 is 34.8 Å². The SMILES string of the molecule is CC(C(=O)NC(C)(C)C)N(Cc1ccc(Cl)c(Cl)c1)C(=O)CN(c1cc(C(F)(F)F)ccc1Cl)S(=O)(=O)c1ccccc1. The Morgan fingerprint density at radius 3 is 2.05 bits per heavy atom. The van der Waals surface area contributed by atoms with Crippen LogP contribution in [0.15, 0.2) is 71.6 Å². The first-order valence-corrected chi connectivity index (χ1v) is 15.4. The summed E-state index contributed by atoms with van der Waals surface area (Å²) in [5, 5.41) is 2.87. The average molecular weight is 679 g/mol. The minimum atomic E-state index is -4.83. The van der Waals surface area contributed by atoms with Crippen LogP contribution in [-0.2, 0) is 32.3 Å². The zero-order valence-electron chi connectivity index (χ0n) is 23.5. The van der Waals surface area contributed by atoms with Gasteiger partial charge >= 0.3 is 6.18 Å². The highest BCUT2D eigenvalue weighted by molar-refractivity contribution is 7.92. The molecule has 1 N–H and O–H groups in total. The minimum absolute atomic E-state index is 0.183. The highest BCUT2D eigenvalue weighted by Crippen LogP contribution is 2.37. The van der Waals surface area contributed by atoms with Crippen LogP contribution in [-0.4, -0.2) is 43.3 Å². The Hall–Kier alpha value is -2.99. The van der Waals surface area contributed by atoms with Gasteiger partial charge in [0.25, 0.3) is 10.0 Å². The predicted molar refractivity (Wildman–Crippen MR) is 162 cm³/mol. The van der Waals surface area contributed by atoms with Gasteiger partial charge in [0.2, 0.25) is 11.8 Å². The number of alkyl halides is 3. The highest BCUT2D eigenvalue weighted by Gasteiger charge is 2.36. The first kappa shape index (κ1) is 34.5. The van der Waals surface area contributed by atoms with Crippen LogP contribution < -0.4 is 9.62 Å². The van der Waals surface area contributed by atoms with Crippen LogP contribution in [0, 0.1) is 0 Å². The van der Waals surface area contributed by atoms with Crippen molar-refractivity contribution in [1.29, 1.82) is 0 Å². The molecule has 0 saturated carbocycles. The maximum atomic E-state index is 14.0. The second-order valence-corrected chi connectivity index (χ2v) is 13.8. The Morgan fingerprint density at radius 1 is 0.884 bits per heavy atom. The van der Waals surface area contributed by atoms with E-state index in [0.717, 1.165) is 11.0 Å². The van der Waals surface area contributed by atoms with Crippen molar-refractivity contribution in [3.8, 4) is 0 Å². The van der Waals surface area contributed by atoms with Crippen molar-refractivity contribution in [1.82, 2.24) is 10.2 Å². The van der Waals surface area contributed by atoms with Crippen molar-refractivity contribution in [2.75, 3.05) is 10.8 Å². The summed E-state index contributed by atoms with van der Waals surface area (Å²) in [4.78, 5) is 28.0. The molecule has 3 aromatic carbocycles. The molecule has 0 heterocycles. The van der Waals surface area contributed by atoms with Gasteiger partial charge in [-0.05, 0) is 75.7 Å². The third-order valence-electron chi connectivity index (χ3n) is 6.15. The number of benzene rings is 3. The van der Waals surface area contributed by atoms with Gasteiger partial charge in [-0.2, -0.15) is 13.2 Å². The molecule has 0 aliphatic rings. The maximum absolute atomic E-state index is 14.0. The second kappa shape index (κ2) is 13.3. The summed E-state index contributed by atoms with van der Waals surface area (Å²) in [5.41, 5.74) is -1.93. The molecule has 2 amide bonds. The molecular weight excluding hydrogens is 650 g/mol. The lowest BCUT2D eigenvalue weighted by Crippen LogP contribution is -2.54. The molecule has 0 radical (unpaired) electrons. The normalized spacial score (nSPS) is 12.9. The molecule has 7 nitrogen and oxygen atoms in total. The molecule has 0 bridgehead atoms. The Bertz CT molecular complexity index is 1600. The van der Waals surface area contributed by atoms with Gasteiger partial charge in [-0.15, -0.1) is 0 Å². The number of anilines is 1. The molecular formula is C29H29Cl3F3N3O4S. The highest BCUT2D eigenvalue weighted by atomic mass is 35.5. The molecule has 3 rings (SSSR count). The van der Waals surface area contributed by atoms with Crippen LogP contribution in [0.25, 0.3) is 0 Å². The van der Waals surface area contributed by atoms with E-state index >= 15 is 0 Å². The second-order valence-electron chi connectivity index (χ2n) is 10.7. The molecule has 0 spiro atoms. The van der Waals surface area contributed by atoms with Crippen LogP contribution in [0.1, 0.15) is 38.8 Å². The summed E-state index contributed by atoms with van der Waals surface area (Å²) >= 11 is 18.4. The number of nitrogens with one attached hydrogen (secondary N) is 1. The lowest BCUT2D eigenvalue weighted by molar-refractivity contribution is -0.140. The monoisotopic (exact) mass is 677 g/mol. The molecule has 43 heavy (non-hydrogen) atoms. The fourth-order valence-corrected chi connectivity index (χ4v) is 6.04. The summed E-state index contributed by atoms with van der Waals surface area (Å²) in [6.07, 6.45) is -4.83. The third-order valence-corrected chi connectivity index (χ3v) is 8.99. The van der Waals surface area contributed by atoms with Crippen molar-refractivity contribution < 1.29 is 31.2 Å². The fraction of sp³-hybridized carbons (Fsp3) is 0.310. The van der Waals surface area contributed by atoms with Crippen LogP contribution in [0.5, 0.6) is 0 Å². The topological polar surface area (TPSA) is 86.8 Å². The van der Waals surface area contributed by atoms with E-state index in [9.17, 15) is 31.2 Å². The van der Waals surface area contributed by atoms with E-state index in [1.54, 1.807) is 32.9 Å². The van der Waals surface area contributed by atoms with Crippen LogP contribution in [0.4, 0.5) is 18.9 Å². The Kier molecular flexibility index (Phi) is 10.7. The van der Waals surface area contributed by atoms with Gasteiger partial charge in [0.05, 0.1) is 31.2 Å². The lowest BCUT2D eigenvalue weighted by Gasteiger charge is -2.33. The summed E-state index contributed by atoms with van der Waals surface area (Å²) in [6, 6.07) is 12.5. The largest absolute Gasteiger partial charge is 0.416 e. The zero-order valence-corrected chi connectivity index (χ0v) is 26.6. The van der Waals surface area contributed by atoms with Crippen molar-refractivity contribution >= 4 is 62.3 Å². The smallest absolute Gasteiger partial charge is 0.350 e. The zero-order chi connectivity index (χ0) is 32.3. The number of sulfonamides is 1. The van der Waals surface area contributed by atoms with E-state index in [-0.39, 0.29) is 26.5 Å². The fourth-order valence-electron chi connectivity index (χ4n) is 4.00. The number of carbonyl (C=O) groups is 2. The van der Waals surface area contributed by atoms with Crippen molar-refractivity contribution in [3.05, 3.63) is 92.9 Å². The molecule has 232 valence electrons. The Morgan fingerprint density at radius 2 is 1.49 bits per heavy atom. The maximum Gasteiger partial charge on any atom is 0.416 e. The quantitative estimate of drug-likeness (QED) is 0.260. The molecule has 0 saturated heterocycles. The number of hydrogen-bond acceptors (Lipinski definition) is 4. The summed E-state index contributed by atoms with van der Waals surface area (Å²) < 4.78 is 69.2. The number of hydrogen-bond donors (Lipinski definition) is 1. The molecule has 0 fully saturated rings. The molecule has 1 unspecified atom stereocenters. The standard InChI is InChI=1S/C29H29Cl3F3N3O4S/c1-18(27(40)36-28(2,3)4)37(16-19-10-12-22(30)24(32)14-19)26(39)17-38(43(41,42)21-8-6-5-7-9-21)25-15-20(29(33,34)35)11-13-23(25)31/h5-15,18H,16-17H2,1-4H3,(H,36,40). The summed E-state index contributed by atoms with van der Waals surface area (Å²) in [7, 11) is -4.63. The predicted octanol–water partition coefficient (Wildman–Crippen LogP) is 7.19. The van der Waals surface area contributed by atoms with Gasteiger partial charge in [-0.1, -0.05) is 59.1 Å². The van der Waals surface area contributed by atoms with Crippen molar-refractivity contribution in [2.24, 2.45) is 0 Å². The van der Waals surface area contributed by atoms with Gasteiger partial charge < -0.3 is 10.2 Å². The third kappa shape index (κ3) is 8.78. The molecule has 3 aromatic rings. The molecule has 0 aliphatic carbocycles. The van der Waals surface area contributed by atoms with E-state index in [1.165, 1.54) is 43.3 Å². The average Bonchev–Trinajstić information content (AvgIpc) is 2.91. The lowest BCUT2D eigenvalue weighted by atomic mass is 10.1. The van der Waals surface area contributed by atoms with Crippen molar-refractivity contribution in [3.63, 3.8) is 0 Å². The number of halogens is 6. The Balaban J connectivity index is 2.14. The van der Waals surface area contributed by atoms with E-state index in [0.29, 0.717) is 22.0 Å². The number of nitrogens with zero attached hydrogens (tertiary/aromatic N) is 2. The van der Waals surface area contributed by atoms with Crippen LogP contribution in [0.2, 0.25) is 15.1 Å². The molecule has 0 aliphatic heterocycles. The van der Waals surface area contributed by atoms with E-state index in [1.807, 2.05) is 0 Å². The van der Waals surface area contributed by atoms with E-state index in [2.05, 4.69) is 5.32 Å². The number of carbonyl (C=O) groups excluding carboxylic acids is 2. The van der Waals surface area contributed by atoms with Gasteiger partial charge in [0.15, 0.2) is 0 Å². The van der Waals surface area contributed by atoms with Gasteiger partial charge in [0.1, 0.15) is 12.6 Å². The summed E-state index contributed by atoms with van der Waals surface area (Å²) in [5.74, 6) is -1.44. The minimum Gasteiger partial charge on any atom is -0.350 e. The number of rotatable bonds is 9. The first-order valence-electron chi connectivity index (χ1n) is 12.8. The van der Waals surface area contributed by atoms with E-state index < -0.39 is 57.4 Å². The van der Waals surface area contributed by atoms with Gasteiger partial charge in [0, 0.05) is 12.1 Å². The molecule has 14 heteroatoms. The van der Waals surface area contributed by atoms with Gasteiger partial charge in [-0.3, -0.25) is 13.9 Å². The van der Waals surface area contributed by atoms with Crippen LogP contribution in [0.3, 0.4) is 0 Å². The summed E-state index contributed by atoms with van der Waals surface area (Å²) in [6.45, 7) is 5.49. The number of amides is 2. The Labute approximate surface area is 263 Å². The van der Waals surface area contributed by atoms with E-state index in [4.69, 9.17) is 34.8 Å². The van der Waals surface area contributed by atoms with Crippen molar-refractivity contribution in [2.45, 2.75) is 56.9 Å². The molecule has 0 aromatic heterocycles. The first-order chi connectivity index (χ1) is 19.8. The molecule has 1 atom stereocenters. The van der Waals surface area contributed by atoms with Gasteiger partial charge in [-0.25, -0.2) is 8.42 Å².